The van der Waals surface area contributed by atoms with Gasteiger partial charge in [0.15, 0.2) is 0 Å². The van der Waals surface area contributed by atoms with E-state index in [1.165, 1.54) is 0 Å². The number of nitrogens with one attached hydrogen (secondary N) is 1. The molecule has 0 aliphatic carbocycles. The van der Waals surface area contributed by atoms with Crippen molar-refractivity contribution >= 4 is 22.6 Å². The maximum Gasteiger partial charge on any atom is 0.326 e. The second kappa shape index (κ2) is 5.65. The van der Waals surface area contributed by atoms with E-state index in [1.807, 2.05) is 37.3 Å². The maximum absolute atomic E-state index is 11.9. The number of imidazole rings is 1. The molecule has 0 amide bonds. The molecular formula is C17H13ClN4O2. The van der Waals surface area contributed by atoms with E-state index in [9.17, 15) is 4.79 Å². The molecule has 2 heterocycles. The Labute approximate surface area is 141 Å². The Morgan fingerprint density at radius 1 is 1.21 bits per heavy atom. The van der Waals surface area contributed by atoms with Gasteiger partial charge in [-0.15, -0.1) is 0 Å². The summed E-state index contributed by atoms with van der Waals surface area (Å²) in [5, 5.41) is 4.62. The maximum atomic E-state index is 11.9. The number of aromatic amines is 1. The molecule has 6 nitrogen and oxygen atoms in total. The summed E-state index contributed by atoms with van der Waals surface area (Å²) in [6.45, 7) is 2.54. The van der Waals surface area contributed by atoms with Crippen molar-refractivity contribution in [3.05, 3.63) is 58.0 Å². The monoisotopic (exact) mass is 340 g/mol. The molecule has 0 unspecified atom stereocenters. The number of fused-ring (bicyclic) bond motifs is 1. The molecule has 1 N–H and O–H groups in total. The van der Waals surface area contributed by atoms with Crippen LogP contribution >= 0.6 is 11.6 Å². The molecule has 0 bridgehead atoms. The van der Waals surface area contributed by atoms with Crippen molar-refractivity contribution in [2.24, 2.45) is 0 Å². The molecule has 0 aliphatic heterocycles. The van der Waals surface area contributed by atoms with Crippen LogP contribution in [0.2, 0.25) is 5.02 Å². The van der Waals surface area contributed by atoms with Gasteiger partial charge in [-0.1, -0.05) is 22.8 Å². The van der Waals surface area contributed by atoms with Gasteiger partial charge < -0.3 is 9.51 Å². The highest BCUT2D eigenvalue weighted by Gasteiger charge is 2.13. The lowest BCUT2D eigenvalue weighted by atomic mass is 10.2. The summed E-state index contributed by atoms with van der Waals surface area (Å²) in [5.41, 5.74) is 2.99. The van der Waals surface area contributed by atoms with Crippen molar-refractivity contribution in [3.63, 3.8) is 0 Å². The third-order valence-electron chi connectivity index (χ3n) is 3.85. The minimum atomic E-state index is -0.127. The van der Waals surface area contributed by atoms with Crippen molar-refractivity contribution in [3.8, 4) is 22.8 Å². The smallest absolute Gasteiger partial charge is 0.326 e. The van der Waals surface area contributed by atoms with Gasteiger partial charge in [0, 0.05) is 22.7 Å². The molecule has 4 aromatic rings. The first-order chi connectivity index (χ1) is 11.7. The van der Waals surface area contributed by atoms with E-state index in [1.54, 1.807) is 16.7 Å². The summed E-state index contributed by atoms with van der Waals surface area (Å²) in [7, 11) is 0. The fourth-order valence-corrected chi connectivity index (χ4v) is 2.89. The van der Waals surface area contributed by atoms with Crippen LogP contribution in [0, 0.1) is 0 Å². The lowest BCUT2D eigenvalue weighted by Gasteiger charge is -1.98. The molecule has 24 heavy (non-hydrogen) atoms. The molecule has 0 aliphatic rings. The third kappa shape index (κ3) is 2.41. The Hall–Kier alpha value is -2.86. The van der Waals surface area contributed by atoms with Crippen LogP contribution in [-0.4, -0.2) is 19.7 Å². The lowest BCUT2D eigenvalue weighted by molar-refractivity contribution is 0.432. The number of rotatable bonds is 3. The fourth-order valence-electron chi connectivity index (χ4n) is 2.70. The summed E-state index contributed by atoms with van der Waals surface area (Å²) in [4.78, 5) is 19.1. The minimum Gasteiger partial charge on any atom is -0.334 e. The molecule has 0 saturated heterocycles. The first-order valence-electron chi connectivity index (χ1n) is 7.48. The van der Waals surface area contributed by atoms with Gasteiger partial charge in [0.05, 0.1) is 11.0 Å². The van der Waals surface area contributed by atoms with Crippen LogP contribution in [0.5, 0.6) is 0 Å². The largest absolute Gasteiger partial charge is 0.334 e. The van der Waals surface area contributed by atoms with Crippen LogP contribution in [-0.2, 0) is 6.54 Å². The Morgan fingerprint density at radius 2 is 2.08 bits per heavy atom. The number of H-pyrrole nitrogens is 1. The molecule has 0 radical (unpaired) electrons. The van der Waals surface area contributed by atoms with E-state index in [-0.39, 0.29) is 5.69 Å². The zero-order chi connectivity index (χ0) is 16.7. The standard InChI is InChI=1S/C17H13ClN4O2/c1-2-22-14-7-6-10(9-13(14)19-17(22)23)15-20-16(24-21-15)11-4-3-5-12(18)8-11/h3-9H,2H2,1H3,(H,19,23). The third-order valence-corrected chi connectivity index (χ3v) is 4.08. The highest BCUT2D eigenvalue weighted by Crippen LogP contribution is 2.25. The number of aryl methyl sites for hydroxylation is 1. The van der Waals surface area contributed by atoms with Crippen LogP contribution in [0.15, 0.2) is 51.8 Å². The summed E-state index contributed by atoms with van der Waals surface area (Å²) >= 11 is 5.99. The topological polar surface area (TPSA) is 76.7 Å². The fraction of sp³-hybridized carbons (Fsp3) is 0.118. The summed E-state index contributed by atoms with van der Waals surface area (Å²) in [6, 6.07) is 12.8. The highest BCUT2D eigenvalue weighted by atomic mass is 35.5. The number of hydrogen-bond acceptors (Lipinski definition) is 4. The number of nitrogens with zero attached hydrogens (tertiary/aromatic N) is 3. The zero-order valence-corrected chi connectivity index (χ0v) is 13.5. The second-order valence-electron chi connectivity index (χ2n) is 5.34. The molecule has 4 rings (SSSR count). The summed E-state index contributed by atoms with van der Waals surface area (Å²) in [5.74, 6) is 0.851. The van der Waals surface area contributed by atoms with E-state index < -0.39 is 0 Å². The number of aromatic nitrogens is 4. The van der Waals surface area contributed by atoms with Crippen molar-refractivity contribution in [1.82, 2.24) is 19.7 Å². The van der Waals surface area contributed by atoms with Crippen molar-refractivity contribution < 1.29 is 4.52 Å². The first kappa shape index (κ1) is 14.7. The number of benzene rings is 2. The zero-order valence-electron chi connectivity index (χ0n) is 12.8. The molecule has 2 aromatic heterocycles. The SMILES string of the molecule is CCn1c(=O)[nH]c2cc(-c3noc(-c4cccc(Cl)c4)n3)ccc21. The van der Waals surface area contributed by atoms with E-state index >= 15 is 0 Å². The van der Waals surface area contributed by atoms with E-state index in [0.29, 0.717) is 23.3 Å². The Bertz CT molecular complexity index is 1090. The van der Waals surface area contributed by atoms with Crippen molar-refractivity contribution in [1.29, 1.82) is 0 Å². The quantitative estimate of drug-likeness (QED) is 0.616. The molecular weight excluding hydrogens is 328 g/mol. The van der Waals surface area contributed by atoms with Gasteiger partial charge >= 0.3 is 5.69 Å². The van der Waals surface area contributed by atoms with Crippen molar-refractivity contribution in [2.75, 3.05) is 0 Å². The molecule has 7 heteroatoms. The average molecular weight is 341 g/mol. The van der Waals surface area contributed by atoms with Gasteiger partial charge in [-0.2, -0.15) is 4.98 Å². The van der Waals surface area contributed by atoms with Crippen LogP contribution in [0.25, 0.3) is 33.9 Å². The number of halogens is 1. The highest BCUT2D eigenvalue weighted by molar-refractivity contribution is 6.30. The van der Waals surface area contributed by atoms with E-state index in [4.69, 9.17) is 16.1 Å². The Balaban J connectivity index is 1.77. The predicted octanol–water partition coefficient (Wildman–Crippen LogP) is 3.72. The summed E-state index contributed by atoms with van der Waals surface area (Å²) < 4.78 is 7.00. The molecule has 0 atom stereocenters. The average Bonchev–Trinajstić information content (AvgIpc) is 3.17. The van der Waals surface area contributed by atoms with Crippen molar-refractivity contribution in [2.45, 2.75) is 13.5 Å². The molecule has 0 saturated carbocycles. The minimum absolute atomic E-state index is 0.127. The Morgan fingerprint density at radius 3 is 2.88 bits per heavy atom. The van der Waals surface area contributed by atoms with E-state index in [2.05, 4.69) is 15.1 Å². The van der Waals surface area contributed by atoms with Gasteiger partial charge in [0.25, 0.3) is 5.89 Å². The Kier molecular flexibility index (Phi) is 3.46. The van der Waals surface area contributed by atoms with E-state index in [0.717, 1.165) is 22.2 Å². The molecule has 0 fully saturated rings. The van der Waals surface area contributed by atoms with Crippen LogP contribution in [0.1, 0.15) is 6.92 Å². The number of hydrogen-bond donors (Lipinski definition) is 1. The van der Waals surface area contributed by atoms with Crippen LogP contribution in [0.3, 0.4) is 0 Å². The first-order valence-corrected chi connectivity index (χ1v) is 7.86. The summed E-state index contributed by atoms with van der Waals surface area (Å²) in [6.07, 6.45) is 0. The second-order valence-corrected chi connectivity index (χ2v) is 5.78. The van der Waals surface area contributed by atoms with Gasteiger partial charge in [-0.3, -0.25) is 4.57 Å². The van der Waals surface area contributed by atoms with Gasteiger partial charge in [-0.05, 0) is 43.3 Å². The van der Waals surface area contributed by atoms with Gasteiger partial charge in [0.1, 0.15) is 0 Å². The van der Waals surface area contributed by atoms with Gasteiger partial charge in [0.2, 0.25) is 5.82 Å². The van der Waals surface area contributed by atoms with Gasteiger partial charge in [-0.25, -0.2) is 4.79 Å². The van der Waals surface area contributed by atoms with Crippen LogP contribution in [0.4, 0.5) is 0 Å². The normalized spacial score (nSPS) is 11.2. The molecule has 120 valence electrons. The molecule has 2 aromatic carbocycles. The predicted molar refractivity (Wildman–Crippen MR) is 92.0 cm³/mol. The molecule has 0 spiro atoms. The van der Waals surface area contributed by atoms with Crippen LogP contribution < -0.4 is 5.69 Å². The lowest BCUT2D eigenvalue weighted by Crippen LogP contribution is -2.14.